The molecular weight excluding hydrogens is 322 g/mol. The van der Waals surface area contributed by atoms with Crippen LogP contribution in [-0.2, 0) is 0 Å². The van der Waals surface area contributed by atoms with Crippen LogP contribution in [0.5, 0.6) is 0 Å². The van der Waals surface area contributed by atoms with Crippen molar-refractivity contribution in [2.45, 2.75) is 0 Å². The first kappa shape index (κ1) is 14.7. The molecular formula is C21H17N5. The number of anilines is 1. The van der Waals surface area contributed by atoms with Crippen LogP contribution in [0.2, 0.25) is 0 Å². The fourth-order valence-corrected chi connectivity index (χ4v) is 3.33. The van der Waals surface area contributed by atoms with Crippen LogP contribution in [-0.4, -0.2) is 27.0 Å². The Bertz CT molecular complexity index is 1210. The maximum absolute atomic E-state index is 4.59. The van der Waals surface area contributed by atoms with Gasteiger partial charge >= 0.3 is 0 Å². The van der Waals surface area contributed by atoms with Gasteiger partial charge in [0.15, 0.2) is 0 Å². The number of rotatable bonds is 3. The normalized spacial score (nSPS) is 11.3. The SMILES string of the molecule is CNc1ccc(-c2cnc3[nH]cc(-c4ccc5[nH]ccc5c4)c3c2)cn1. The lowest BCUT2D eigenvalue weighted by atomic mass is 10.0. The summed E-state index contributed by atoms with van der Waals surface area (Å²) in [6.45, 7) is 0. The second kappa shape index (κ2) is 5.74. The van der Waals surface area contributed by atoms with Crippen LogP contribution in [0.1, 0.15) is 0 Å². The largest absolute Gasteiger partial charge is 0.373 e. The van der Waals surface area contributed by atoms with E-state index in [1.807, 2.05) is 37.9 Å². The second-order valence-electron chi connectivity index (χ2n) is 6.28. The minimum atomic E-state index is 0.852. The van der Waals surface area contributed by atoms with Gasteiger partial charge in [-0.05, 0) is 47.3 Å². The highest BCUT2D eigenvalue weighted by molar-refractivity contribution is 5.98. The molecule has 0 amide bonds. The monoisotopic (exact) mass is 339 g/mol. The van der Waals surface area contributed by atoms with E-state index in [0.29, 0.717) is 0 Å². The summed E-state index contributed by atoms with van der Waals surface area (Å²) in [7, 11) is 1.86. The van der Waals surface area contributed by atoms with E-state index in [9.17, 15) is 0 Å². The molecule has 5 heteroatoms. The van der Waals surface area contributed by atoms with E-state index in [1.54, 1.807) is 0 Å². The van der Waals surface area contributed by atoms with E-state index in [4.69, 9.17) is 0 Å². The van der Waals surface area contributed by atoms with Gasteiger partial charge in [-0.15, -0.1) is 0 Å². The van der Waals surface area contributed by atoms with Gasteiger partial charge in [0.1, 0.15) is 11.5 Å². The predicted octanol–water partition coefficient (Wildman–Crippen LogP) is 4.81. The molecule has 0 atom stereocenters. The van der Waals surface area contributed by atoms with Crippen molar-refractivity contribution in [1.82, 2.24) is 19.9 Å². The molecule has 26 heavy (non-hydrogen) atoms. The first-order chi connectivity index (χ1) is 12.8. The summed E-state index contributed by atoms with van der Waals surface area (Å²) < 4.78 is 0. The van der Waals surface area contributed by atoms with E-state index in [1.165, 1.54) is 10.9 Å². The van der Waals surface area contributed by atoms with Crippen molar-refractivity contribution in [3.8, 4) is 22.3 Å². The first-order valence-electron chi connectivity index (χ1n) is 8.51. The molecule has 0 spiro atoms. The van der Waals surface area contributed by atoms with Gasteiger partial charge in [-0.1, -0.05) is 6.07 Å². The van der Waals surface area contributed by atoms with Crippen LogP contribution >= 0.6 is 0 Å². The number of pyridine rings is 2. The van der Waals surface area contributed by atoms with Crippen molar-refractivity contribution in [1.29, 1.82) is 0 Å². The molecule has 3 N–H and O–H groups in total. The molecule has 5 nitrogen and oxygen atoms in total. The van der Waals surface area contributed by atoms with Crippen LogP contribution in [0, 0.1) is 0 Å². The summed E-state index contributed by atoms with van der Waals surface area (Å²) in [4.78, 5) is 15.5. The van der Waals surface area contributed by atoms with E-state index < -0.39 is 0 Å². The Morgan fingerprint density at radius 2 is 1.73 bits per heavy atom. The molecule has 5 rings (SSSR count). The molecule has 0 aliphatic heterocycles. The molecule has 0 saturated carbocycles. The smallest absolute Gasteiger partial charge is 0.137 e. The Morgan fingerprint density at radius 1 is 0.846 bits per heavy atom. The molecule has 5 aromatic rings. The van der Waals surface area contributed by atoms with E-state index in [-0.39, 0.29) is 0 Å². The lowest BCUT2D eigenvalue weighted by molar-refractivity contribution is 1.28. The fourth-order valence-electron chi connectivity index (χ4n) is 3.33. The standard InChI is InChI=1S/C21H17N5/c1-22-20-5-3-15(10-24-20)16-9-17-18(12-26-21(17)25-11-16)13-2-4-19-14(8-13)6-7-23-19/h2-12,23H,1H3,(H,22,24)(H,25,26). The lowest BCUT2D eigenvalue weighted by Crippen LogP contribution is -1.91. The maximum Gasteiger partial charge on any atom is 0.137 e. The molecule has 0 radical (unpaired) electrons. The Balaban J connectivity index is 1.64. The summed E-state index contributed by atoms with van der Waals surface area (Å²) in [5.41, 5.74) is 6.45. The number of fused-ring (bicyclic) bond motifs is 2. The number of aromatic amines is 2. The van der Waals surface area contributed by atoms with E-state index in [0.717, 1.165) is 39.1 Å². The molecule has 1 aromatic carbocycles. The average molecular weight is 339 g/mol. The second-order valence-corrected chi connectivity index (χ2v) is 6.28. The molecule has 0 bridgehead atoms. The van der Waals surface area contributed by atoms with Crippen LogP contribution in [0.15, 0.2) is 67.3 Å². The number of H-pyrrole nitrogens is 2. The molecule has 0 aliphatic carbocycles. The van der Waals surface area contributed by atoms with Crippen LogP contribution in [0.4, 0.5) is 5.82 Å². The summed E-state index contributed by atoms with van der Waals surface area (Å²) in [5, 5.41) is 5.35. The molecule has 0 unspecified atom stereocenters. The number of hydrogen-bond donors (Lipinski definition) is 3. The molecule has 4 heterocycles. The highest BCUT2D eigenvalue weighted by Gasteiger charge is 2.10. The summed E-state index contributed by atoms with van der Waals surface area (Å²) >= 11 is 0. The minimum Gasteiger partial charge on any atom is -0.373 e. The van der Waals surface area contributed by atoms with Crippen molar-refractivity contribution in [2.75, 3.05) is 12.4 Å². The maximum atomic E-state index is 4.59. The topological polar surface area (TPSA) is 69.4 Å². The zero-order chi connectivity index (χ0) is 17.5. The molecule has 0 saturated heterocycles. The van der Waals surface area contributed by atoms with Gasteiger partial charge in [0.25, 0.3) is 0 Å². The number of aromatic nitrogens is 4. The molecule has 126 valence electrons. The third kappa shape index (κ3) is 2.33. The zero-order valence-corrected chi connectivity index (χ0v) is 14.2. The van der Waals surface area contributed by atoms with Crippen LogP contribution < -0.4 is 5.32 Å². The summed E-state index contributed by atoms with van der Waals surface area (Å²) in [6, 6.07) is 14.7. The van der Waals surface area contributed by atoms with Gasteiger partial charge in [0.05, 0.1) is 0 Å². The molecule has 0 fully saturated rings. The predicted molar refractivity (Wildman–Crippen MR) is 106 cm³/mol. The van der Waals surface area contributed by atoms with Gasteiger partial charge < -0.3 is 15.3 Å². The van der Waals surface area contributed by atoms with Gasteiger partial charge in [-0.2, -0.15) is 0 Å². The Morgan fingerprint density at radius 3 is 2.58 bits per heavy atom. The number of nitrogens with one attached hydrogen (secondary N) is 3. The van der Waals surface area contributed by atoms with Crippen molar-refractivity contribution in [2.24, 2.45) is 0 Å². The highest BCUT2D eigenvalue weighted by atomic mass is 14.9. The number of nitrogens with zero attached hydrogens (tertiary/aromatic N) is 2. The Labute approximate surface area is 150 Å². The minimum absolute atomic E-state index is 0.852. The number of hydrogen-bond acceptors (Lipinski definition) is 3. The van der Waals surface area contributed by atoms with Crippen molar-refractivity contribution >= 4 is 27.8 Å². The van der Waals surface area contributed by atoms with Crippen molar-refractivity contribution in [3.05, 3.63) is 67.3 Å². The number of benzene rings is 1. The average Bonchev–Trinajstić information content (AvgIpc) is 3.33. The molecule has 0 aliphatic rings. The lowest BCUT2D eigenvalue weighted by Gasteiger charge is -2.05. The Hall–Kier alpha value is -3.60. The van der Waals surface area contributed by atoms with Gasteiger partial charge in [-0.25, -0.2) is 9.97 Å². The highest BCUT2D eigenvalue weighted by Crippen LogP contribution is 2.32. The summed E-state index contributed by atoms with van der Waals surface area (Å²) in [5.74, 6) is 0.852. The van der Waals surface area contributed by atoms with Crippen molar-refractivity contribution < 1.29 is 0 Å². The summed E-state index contributed by atoms with van der Waals surface area (Å²) in [6.07, 6.45) is 7.74. The Kier molecular flexibility index (Phi) is 3.25. The third-order valence-corrected chi connectivity index (χ3v) is 4.75. The quantitative estimate of drug-likeness (QED) is 0.441. The zero-order valence-electron chi connectivity index (χ0n) is 14.2. The van der Waals surface area contributed by atoms with Crippen molar-refractivity contribution in [3.63, 3.8) is 0 Å². The fraction of sp³-hybridized carbons (Fsp3) is 0.0476. The van der Waals surface area contributed by atoms with Crippen LogP contribution in [0.3, 0.4) is 0 Å². The van der Waals surface area contributed by atoms with Gasteiger partial charge in [0, 0.05) is 59.4 Å². The van der Waals surface area contributed by atoms with E-state index in [2.05, 4.69) is 61.7 Å². The molecule has 4 aromatic heterocycles. The van der Waals surface area contributed by atoms with Gasteiger partial charge in [0.2, 0.25) is 0 Å². The first-order valence-corrected chi connectivity index (χ1v) is 8.51. The third-order valence-electron chi connectivity index (χ3n) is 4.75. The van der Waals surface area contributed by atoms with E-state index >= 15 is 0 Å². The van der Waals surface area contributed by atoms with Crippen LogP contribution in [0.25, 0.3) is 44.2 Å². The van der Waals surface area contributed by atoms with Gasteiger partial charge in [-0.3, -0.25) is 0 Å².